The summed E-state index contributed by atoms with van der Waals surface area (Å²) < 4.78 is 0. The van der Waals surface area contributed by atoms with Crippen molar-refractivity contribution in [1.29, 1.82) is 0 Å². The van der Waals surface area contributed by atoms with Gasteiger partial charge in [0.25, 0.3) is 0 Å². The SMILES string of the molecule is CCN(CC)C1CN(C(C)(C)C)C(C)(C)C1. The second kappa shape index (κ2) is 4.66. The van der Waals surface area contributed by atoms with Crippen molar-refractivity contribution in [2.24, 2.45) is 0 Å². The standard InChI is InChI=1S/C14H30N2/c1-8-15(9-2)12-10-14(6,7)16(11-12)13(3,4)5/h12H,8-11H2,1-7H3. The summed E-state index contributed by atoms with van der Waals surface area (Å²) in [5.74, 6) is 0. The Morgan fingerprint density at radius 3 is 2.00 bits per heavy atom. The fourth-order valence-corrected chi connectivity index (χ4v) is 3.38. The third-order valence-electron chi connectivity index (χ3n) is 4.00. The topological polar surface area (TPSA) is 6.48 Å². The van der Waals surface area contributed by atoms with E-state index < -0.39 is 0 Å². The maximum Gasteiger partial charge on any atom is 0.0240 e. The molecule has 0 aliphatic carbocycles. The van der Waals surface area contributed by atoms with E-state index in [1.807, 2.05) is 0 Å². The van der Waals surface area contributed by atoms with Crippen molar-refractivity contribution in [2.75, 3.05) is 19.6 Å². The van der Waals surface area contributed by atoms with Crippen LogP contribution in [0.2, 0.25) is 0 Å². The van der Waals surface area contributed by atoms with Gasteiger partial charge in [-0.3, -0.25) is 9.80 Å². The van der Waals surface area contributed by atoms with Crippen LogP contribution in [0.3, 0.4) is 0 Å². The van der Waals surface area contributed by atoms with E-state index in [-0.39, 0.29) is 5.54 Å². The number of hydrogen-bond acceptors (Lipinski definition) is 2. The van der Waals surface area contributed by atoms with Crippen molar-refractivity contribution >= 4 is 0 Å². The highest BCUT2D eigenvalue weighted by atomic mass is 15.3. The predicted octanol–water partition coefficient (Wildman–Crippen LogP) is 2.98. The van der Waals surface area contributed by atoms with Gasteiger partial charge in [-0.2, -0.15) is 0 Å². The molecule has 1 fully saturated rings. The van der Waals surface area contributed by atoms with Crippen LogP contribution in [-0.4, -0.2) is 46.6 Å². The Hall–Kier alpha value is -0.0800. The van der Waals surface area contributed by atoms with Crippen LogP contribution in [0.1, 0.15) is 54.9 Å². The lowest BCUT2D eigenvalue weighted by atomic mass is 9.95. The molecule has 0 aromatic rings. The highest BCUT2D eigenvalue weighted by Crippen LogP contribution is 2.36. The molecule has 1 aliphatic rings. The first kappa shape index (κ1) is 14.0. The van der Waals surface area contributed by atoms with E-state index in [4.69, 9.17) is 0 Å². The molecule has 1 heterocycles. The molecule has 2 nitrogen and oxygen atoms in total. The van der Waals surface area contributed by atoms with Crippen LogP contribution in [0.15, 0.2) is 0 Å². The average molecular weight is 226 g/mol. The summed E-state index contributed by atoms with van der Waals surface area (Å²) in [6.45, 7) is 19.9. The molecule has 16 heavy (non-hydrogen) atoms. The van der Waals surface area contributed by atoms with Crippen molar-refractivity contribution < 1.29 is 0 Å². The Kier molecular flexibility index (Phi) is 4.07. The highest BCUT2D eigenvalue weighted by molar-refractivity contribution is 5.01. The van der Waals surface area contributed by atoms with E-state index >= 15 is 0 Å². The summed E-state index contributed by atoms with van der Waals surface area (Å²) in [7, 11) is 0. The molecular formula is C14H30N2. The Morgan fingerprint density at radius 2 is 1.69 bits per heavy atom. The maximum absolute atomic E-state index is 2.67. The molecule has 1 aliphatic heterocycles. The summed E-state index contributed by atoms with van der Waals surface area (Å²) in [6.07, 6.45) is 1.30. The molecule has 1 unspecified atom stereocenters. The highest BCUT2D eigenvalue weighted by Gasteiger charge is 2.44. The van der Waals surface area contributed by atoms with Crippen LogP contribution in [0.4, 0.5) is 0 Å². The fourth-order valence-electron chi connectivity index (χ4n) is 3.38. The van der Waals surface area contributed by atoms with Gasteiger partial charge in [0.2, 0.25) is 0 Å². The van der Waals surface area contributed by atoms with Gasteiger partial charge in [0.1, 0.15) is 0 Å². The average Bonchev–Trinajstić information content (AvgIpc) is 2.43. The van der Waals surface area contributed by atoms with Crippen molar-refractivity contribution in [2.45, 2.75) is 72.0 Å². The van der Waals surface area contributed by atoms with E-state index in [0.717, 1.165) is 6.04 Å². The van der Waals surface area contributed by atoms with Crippen molar-refractivity contribution in [3.8, 4) is 0 Å². The second-order valence-electron chi connectivity index (χ2n) is 6.67. The van der Waals surface area contributed by atoms with Crippen LogP contribution >= 0.6 is 0 Å². The van der Waals surface area contributed by atoms with Gasteiger partial charge < -0.3 is 0 Å². The summed E-state index contributed by atoms with van der Waals surface area (Å²) in [5, 5.41) is 0. The van der Waals surface area contributed by atoms with Gasteiger partial charge in [0.15, 0.2) is 0 Å². The third-order valence-corrected chi connectivity index (χ3v) is 4.00. The second-order valence-corrected chi connectivity index (χ2v) is 6.67. The Bertz CT molecular complexity index is 223. The lowest BCUT2D eigenvalue weighted by molar-refractivity contribution is 0.0655. The first-order chi connectivity index (χ1) is 7.22. The van der Waals surface area contributed by atoms with E-state index in [0.29, 0.717) is 5.54 Å². The molecular weight excluding hydrogens is 196 g/mol. The smallest absolute Gasteiger partial charge is 0.0240 e. The third kappa shape index (κ3) is 2.78. The zero-order valence-electron chi connectivity index (χ0n) is 12.3. The monoisotopic (exact) mass is 226 g/mol. The normalized spacial score (nSPS) is 26.6. The summed E-state index contributed by atoms with van der Waals surface area (Å²) in [4.78, 5) is 5.27. The van der Waals surface area contributed by atoms with Crippen LogP contribution in [-0.2, 0) is 0 Å². The Labute approximate surface area is 102 Å². The maximum atomic E-state index is 2.67. The Balaban J connectivity index is 2.79. The van der Waals surface area contributed by atoms with E-state index in [1.54, 1.807) is 0 Å². The molecule has 2 heteroatoms. The molecule has 1 saturated heterocycles. The van der Waals surface area contributed by atoms with Gasteiger partial charge in [-0.25, -0.2) is 0 Å². The van der Waals surface area contributed by atoms with Crippen LogP contribution in [0, 0.1) is 0 Å². The summed E-state index contributed by atoms with van der Waals surface area (Å²) in [5.41, 5.74) is 0.622. The predicted molar refractivity (Wildman–Crippen MR) is 71.9 cm³/mol. The molecule has 0 saturated carbocycles. The number of hydrogen-bond donors (Lipinski definition) is 0. The zero-order chi connectivity index (χ0) is 12.6. The largest absolute Gasteiger partial charge is 0.300 e. The summed E-state index contributed by atoms with van der Waals surface area (Å²) in [6, 6.07) is 0.740. The van der Waals surface area contributed by atoms with Crippen LogP contribution < -0.4 is 0 Å². The quantitative estimate of drug-likeness (QED) is 0.730. The van der Waals surface area contributed by atoms with E-state index in [2.05, 4.69) is 58.3 Å². The molecule has 0 bridgehead atoms. The van der Waals surface area contributed by atoms with Gasteiger partial charge in [0, 0.05) is 23.7 Å². The van der Waals surface area contributed by atoms with Gasteiger partial charge in [-0.05, 0) is 54.1 Å². The molecule has 0 aromatic heterocycles. The number of likely N-dealkylation sites (N-methyl/N-ethyl adjacent to an activating group) is 1. The summed E-state index contributed by atoms with van der Waals surface area (Å²) >= 11 is 0. The minimum atomic E-state index is 0.283. The molecule has 0 aromatic carbocycles. The fraction of sp³-hybridized carbons (Fsp3) is 1.00. The van der Waals surface area contributed by atoms with E-state index in [1.165, 1.54) is 26.1 Å². The van der Waals surface area contributed by atoms with Gasteiger partial charge in [0.05, 0.1) is 0 Å². The van der Waals surface area contributed by atoms with Crippen LogP contribution in [0.25, 0.3) is 0 Å². The molecule has 0 N–H and O–H groups in total. The first-order valence-electron chi connectivity index (χ1n) is 6.74. The number of rotatable bonds is 3. The number of nitrogens with zero attached hydrogens (tertiary/aromatic N) is 2. The molecule has 96 valence electrons. The first-order valence-corrected chi connectivity index (χ1v) is 6.74. The minimum Gasteiger partial charge on any atom is -0.300 e. The Morgan fingerprint density at radius 1 is 1.19 bits per heavy atom. The van der Waals surface area contributed by atoms with Gasteiger partial charge in [-0.15, -0.1) is 0 Å². The van der Waals surface area contributed by atoms with Crippen molar-refractivity contribution in [1.82, 2.24) is 9.80 Å². The number of likely N-dealkylation sites (tertiary alicyclic amines) is 1. The van der Waals surface area contributed by atoms with Gasteiger partial charge in [-0.1, -0.05) is 13.8 Å². The van der Waals surface area contributed by atoms with Crippen molar-refractivity contribution in [3.05, 3.63) is 0 Å². The minimum absolute atomic E-state index is 0.283. The molecule has 1 rings (SSSR count). The molecule has 0 spiro atoms. The lowest BCUT2D eigenvalue weighted by Crippen LogP contribution is -2.50. The van der Waals surface area contributed by atoms with Crippen molar-refractivity contribution in [3.63, 3.8) is 0 Å². The molecule has 1 atom stereocenters. The molecule has 0 amide bonds. The van der Waals surface area contributed by atoms with Gasteiger partial charge >= 0.3 is 0 Å². The van der Waals surface area contributed by atoms with Crippen LogP contribution in [0.5, 0.6) is 0 Å². The lowest BCUT2D eigenvalue weighted by Gasteiger charge is -2.42. The van der Waals surface area contributed by atoms with E-state index in [9.17, 15) is 0 Å². The zero-order valence-corrected chi connectivity index (χ0v) is 12.3. The molecule has 0 radical (unpaired) electrons.